The van der Waals surface area contributed by atoms with Crippen molar-refractivity contribution in [1.82, 2.24) is 15.5 Å². The number of piperidine rings is 1. The summed E-state index contributed by atoms with van der Waals surface area (Å²) in [7, 11) is 0. The van der Waals surface area contributed by atoms with Crippen LogP contribution in [-0.4, -0.2) is 49.1 Å². The summed E-state index contributed by atoms with van der Waals surface area (Å²) >= 11 is 0. The molecule has 2 N–H and O–H groups in total. The van der Waals surface area contributed by atoms with Gasteiger partial charge in [-0.25, -0.2) is 0 Å². The van der Waals surface area contributed by atoms with Crippen molar-refractivity contribution in [3.63, 3.8) is 0 Å². The van der Waals surface area contributed by atoms with Gasteiger partial charge in [0, 0.05) is 38.3 Å². The number of likely N-dealkylation sites (tertiary alicyclic amines) is 1. The second kappa shape index (κ2) is 10.4. The molecule has 0 aliphatic carbocycles. The third kappa shape index (κ3) is 6.69. The number of aliphatic imine (C=N–C) groups is 1. The van der Waals surface area contributed by atoms with E-state index >= 15 is 0 Å². The van der Waals surface area contributed by atoms with E-state index in [-0.39, 0.29) is 0 Å². The molecule has 0 unspecified atom stereocenters. The summed E-state index contributed by atoms with van der Waals surface area (Å²) in [5.74, 6) is 0.968. The zero-order chi connectivity index (χ0) is 18.1. The van der Waals surface area contributed by atoms with Crippen LogP contribution in [0.25, 0.3) is 0 Å². The summed E-state index contributed by atoms with van der Waals surface area (Å²) in [5, 5.41) is 7.03. The summed E-state index contributed by atoms with van der Waals surface area (Å²) in [5.41, 5.74) is 2.76. The number of aryl methyl sites for hydroxylation is 1. The van der Waals surface area contributed by atoms with Gasteiger partial charge in [-0.2, -0.15) is 0 Å². The maximum Gasteiger partial charge on any atom is 0.191 e. The highest BCUT2D eigenvalue weighted by Gasteiger charge is 2.21. The first-order chi connectivity index (χ1) is 12.1. The molecule has 0 saturated carbocycles. The molecule has 0 spiro atoms. The molecule has 1 aromatic carbocycles. The quantitative estimate of drug-likeness (QED) is 0.589. The largest absolute Gasteiger partial charge is 0.357 e. The van der Waals surface area contributed by atoms with E-state index < -0.39 is 0 Å². The molecule has 1 heterocycles. The number of rotatable bonds is 7. The van der Waals surface area contributed by atoms with Gasteiger partial charge in [0.15, 0.2) is 5.96 Å². The lowest BCUT2D eigenvalue weighted by atomic mass is 10.0. The molecular weight excluding hydrogens is 308 g/mol. The molecule has 0 aromatic heterocycles. The van der Waals surface area contributed by atoms with Crippen molar-refractivity contribution < 1.29 is 0 Å². The second-order valence-corrected chi connectivity index (χ2v) is 7.23. The number of nitrogens with zero attached hydrogens (tertiary/aromatic N) is 2. The van der Waals surface area contributed by atoms with Gasteiger partial charge in [-0.15, -0.1) is 0 Å². The molecular formula is C21H36N4. The number of nitrogens with one attached hydrogen (secondary N) is 2. The van der Waals surface area contributed by atoms with Crippen LogP contribution in [-0.2, 0) is 12.8 Å². The van der Waals surface area contributed by atoms with Crippen molar-refractivity contribution in [2.24, 2.45) is 4.99 Å². The van der Waals surface area contributed by atoms with Gasteiger partial charge >= 0.3 is 0 Å². The van der Waals surface area contributed by atoms with Crippen LogP contribution in [0.2, 0.25) is 0 Å². The van der Waals surface area contributed by atoms with Crippen LogP contribution in [0.15, 0.2) is 29.3 Å². The van der Waals surface area contributed by atoms with Crippen LogP contribution in [0.5, 0.6) is 0 Å². The highest BCUT2D eigenvalue weighted by molar-refractivity contribution is 5.80. The average molecular weight is 345 g/mol. The third-order valence-electron chi connectivity index (χ3n) is 5.05. The topological polar surface area (TPSA) is 39.7 Å². The monoisotopic (exact) mass is 344 g/mol. The Morgan fingerprint density at radius 1 is 1.12 bits per heavy atom. The fourth-order valence-electron chi connectivity index (χ4n) is 3.31. The highest BCUT2D eigenvalue weighted by Crippen LogP contribution is 2.13. The first-order valence-electron chi connectivity index (χ1n) is 9.99. The molecule has 1 saturated heterocycles. The minimum atomic E-state index is 0.539. The van der Waals surface area contributed by atoms with E-state index in [1.807, 2.05) is 0 Å². The van der Waals surface area contributed by atoms with E-state index in [2.05, 4.69) is 67.5 Å². The molecule has 1 fully saturated rings. The maximum atomic E-state index is 4.78. The Bertz CT molecular complexity index is 513. The van der Waals surface area contributed by atoms with Crippen LogP contribution in [0.1, 0.15) is 51.7 Å². The zero-order valence-electron chi connectivity index (χ0n) is 16.5. The SMILES string of the molecule is CCNC(=NCCc1ccc(CC)cc1)NC1CCN(C(C)C)CC1. The van der Waals surface area contributed by atoms with Gasteiger partial charge in [-0.3, -0.25) is 4.99 Å². The molecule has 4 heteroatoms. The van der Waals surface area contributed by atoms with Crippen molar-refractivity contribution >= 4 is 5.96 Å². The number of benzene rings is 1. The minimum absolute atomic E-state index is 0.539. The van der Waals surface area contributed by atoms with E-state index in [0.717, 1.165) is 31.9 Å². The summed E-state index contributed by atoms with van der Waals surface area (Å²) in [6.07, 6.45) is 4.48. The lowest BCUT2D eigenvalue weighted by molar-refractivity contribution is 0.167. The smallest absolute Gasteiger partial charge is 0.191 e. The first-order valence-corrected chi connectivity index (χ1v) is 9.99. The Kier molecular flexibility index (Phi) is 8.26. The molecule has 0 atom stereocenters. The molecule has 25 heavy (non-hydrogen) atoms. The number of guanidine groups is 1. The van der Waals surface area contributed by atoms with Gasteiger partial charge in [0.2, 0.25) is 0 Å². The van der Waals surface area contributed by atoms with E-state index in [1.54, 1.807) is 0 Å². The molecule has 1 aliphatic heterocycles. The van der Waals surface area contributed by atoms with E-state index in [4.69, 9.17) is 4.99 Å². The van der Waals surface area contributed by atoms with Gasteiger partial charge in [-0.05, 0) is 57.6 Å². The molecule has 1 aliphatic rings. The number of hydrogen-bond donors (Lipinski definition) is 2. The molecule has 0 bridgehead atoms. The fraction of sp³-hybridized carbons (Fsp3) is 0.667. The van der Waals surface area contributed by atoms with Gasteiger partial charge in [-0.1, -0.05) is 31.2 Å². The molecule has 4 nitrogen and oxygen atoms in total. The highest BCUT2D eigenvalue weighted by atomic mass is 15.2. The Morgan fingerprint density at radius 2 is 1.76 bits per heavy atom. The van der Waals surface area contributed by atoms with Gasteiger partial charge in [0.1, 0.15) is 0 Å². The van der Waals surface area contributed by atoms with Crippen LogP contribution in [0.4, 0.5) is 0 Å². The van der Waals surface area contributed by atoms with E-state index in [9.17, 15) is 0 Å². The maximum absolute atomic E-state index is 4.78. The summed E-state index contributed by atoms with van der Waals surface area (Å²) < 4.78 is 0. The average Bonchev–Trinajstić information content (AvgIpc) is 2.63. The Morgan fingerprint density at radius 3 is 2.32 bits per heavy atom. The van der Waals surface area contributed by atoms with Gasteiger partial charge < -0.3 is 15.5 Å². The summed E-state index contributed by atoms with van der Waals surface area (Å²) in [6, 6.07) is 10.1. The van der Waals surface area contributed by atoms with Crippen LogP contribution in [0, 0.1) is 0 Å². The fourth-order valence-corrected chi connectivity index (χ4v) is 3.31. The van der Waals surface area contributed by atoms with Gasteiger partial charge in [0.25, 0.3) is 0 Å². The molecule has 0 amide bonds. The first kappa shape index (κ1) is 19.8. The van der Waals surface area contributed by atoms with Crippen molar-refractivity contribution in [2.45, 2.75) is 65.5 Å². The lowest BCUT2D eigenvalue weighted by Gasteiger charge is -2.35. The van der Waals surface area contributed by atoms with E-state index in [1.165, 1.54) is 37.1 Å². The standard InChI is InChI=1S/C21H36N4/c1-5-18-7-9-19(10-8-18)11-14-23-21(22-6-2)24-20-12-15-25(16-13-20)17(3)4/h7-10,17,20H,5-6,11-16H2,1-4H3,(H2,22,23,24). The zero-order valence-corrected chi connectivity index (χ0v) is 16.5. The molecule has 2 rings (SSSR count). The Labute approximate surface area is 154 Å². The normalized spacial score (nSPS) is 17.1. The number of hydrogen-bond acceptors (Lipinski definition) is 2. The summed E-state index contributed by atoms with van der Waals surface area (Å²) in [6.45, 7) is 13.0. The Balaban J connectivity index is 1.81. The lowest BCUT2D eigenvalue weighted by Crippen LogP contribution is -2.49. The second-order valence-electron chi connectivity index (χ2n) is 7.23. The molecule has 140 valence electrons. The van der Waals surface area contributed by atoms with Crippen molar-refractivity contribution in [1.29, 1.82) is 0 Å². The van der Waals surface area contributed by atoms with E-state index in [0.29, 0.717) is 12.1 Å². The molecule has 1 aromatic rings. The Hall–Kier alpha value is -1.55. The van der Waals surface area contributed by atoms with Crippen molar-refractivity contribution in [3.8, 4) is 0 Å². The van der Waals surface area contributed by atoms with Crippen LogP contribution >= 0.6 is 0 Å². The third-order valence-corrected chi connectivity index (χ3v) is 5.05. The van der Waals surface area contributed by atoms with Crippen LogP contribution < -0.4 is 10.6 Å². The van der Waals surface area contributed by atoms with Crippen LogP contribution in [0.3, 0.4) is 0 Å². The van der Waals surface area contributed by atoms with Gasteiger partial charge in [0.05, 0.1) is 0 Å². The predicted octanol–water partition coefficient (Wildman–Crippen LogP) is 3.22. The minimum Gasteiger partial charge on any atom is -0.357 e. The van der Waals surface area contributed by atoms with Crippen molar-refractivity contribution in [2.75, 3.05) is 26.2 Å². The van der Waals surface area contributed by atoms with Crippen molar-refractivity contribution in [3.05, 3.63) is 35.4 Å². The summed E-state index contributed by atoms with van der Waals surface area (Å²) in [4.78, 5) is 7.34. The molecule has 0 radical (unpaired) electrons. The predicted molar refractivity (Wildman–Crippen MR) is 108 cm³/mol.